The molecule has 0 heterocycles. The molecule has 1 aromatic rings. The van der Waals surface area contributed by atoms with Crippen LogP contribution in [0.3, 0.4) is 0 Å². The van der Waals surface area contributed by atoms with Crippen LogP contribution in [0.1, 0.15) is 13.8 Å². The van der Waals surface area contributed by atoms with Crippen LogP contribution in [0.15, 0.2) is 22.7 Å². The molecule has 0 aromatic heterocycles. The maximum atomic E-state index is 13.4. The van der Waals surface area contributed by atoms with Gasteiger partial charge in [0.15, 0.2) is 0 Å². The van der Waals surface area contributed by atoms with E-state index in [4.69, 9.17) is 5.11 Å². The zero-order valence-electron chi connectivity index (χ0n) is 9.91. The third kappa shape index (κ3) is 3.53. The number of halogens is 2. The van der Waals surface area contributed by atoms with Crippen LogP contribution in [0.25, 0.3) is 0 Å². The van der Waals surface area contributed by atoms with E-state index in [1.54, 1.807) is 13.8 Å². The lowest BCUT2D eigenvalue weighted by atomic mass is 9.95. The van der Waals surface area contributed by atoms with E-state index in [-0.39, 0.29) is 11.6 Å². The SMILES string of the molecule is CC(C)C(C(=O)O)C(=O)Nc1cc(Br)ccc1F. The molecule has 0 saturated carbocycles. The standard InChI is InChI=1S/C12H13BrFNO3/c1-6(2)10(12(17)18)11(16)15-9-5-7(13)3-4-8(9)14/h3-6,10H,1-2H3,(H,15,16)(H,17,18). The van der Waals surface area contributed by atoms with Crippen LogP contribution >= 0.6 is 15.9 Å². The molecule has 1 unspecified atom stereocenters. The summed E-state index contributed by atoms with van der Waals surface area (Å²) >= 11 is 3.15. The number of benzene rings is 1. The Labute approximate surface area is 112 Å². The van der Waals surface area contributed by atoms with E-state index in [0.29, 0.717) is 4.47 Å². The number of carbonyl (C=O) groups excluding carboxylic acids is 1. The van der Waals surface area contributed by atoms with E-state index in [1.807, 2.05) is 0 Å². The molecule has 0 aliphatic heterocycles. The van der Waals surface area contributed by atoms with Gasteiger partial charge in [0.2, 0.25) is 5.91 Å². The lowest BCUT2D eigenvalue weighted by molar-refractivity contribution is -0.147. The summed E-state index contributed by atoms with van der Waals surface area (Å²) in [5, 5.41) is 11.2. The molecule has 4 nitrogen and oxygen atoms in total. The van der Waals surface area contributed by atoms with Crippen molar-refractivity contribution in [2.75, 3.05) is 5.32 Å². The molecule has 0 aliphatic rings. The smallest absolute Gasteiger partial charge is 0.316 e. The molecule has 6 heteroatoms. The fourth-order valence-electron chi connectivity index (χ4n) is 1.50. The van der Waals surface area contributed by atoms with Gasteiger partial charge in [-0.25, -0.2) is 4.39 Å². The van der Waals surface area contributed by atoms with E-state index in [2.05, 4.69) is 21.2 Å². The van der Waals surface area contributed by atoms with Crippen LogP contribution in [0.5, 0.6) is 0 Å². The Morgan fingerprint density at radius 3 is 2.50 bits per heavy atom. The van der Waals surface area contributed by atoms with Crippen molar-refractivity contribution >= 4 is 33.5 Å². The maximum absolute atomic E-state index is 13.4. The first-order valence-corrected chi connectivity index (χ1v) is 6.11. The Bertz CT molecular complexity index is 476. The molecule has 1 amide bonds. The summed E-state index contributed by atoms with van der Waals surface area (Å²) in [5.41, 5.74) is -0.0405. The third-order valence-corrected chi connectivity index (χ3v) is 2.89. The fraction of sp³-hybridized carbons (Fsp3) is 0.333. The molecule has 0 spiro atoms. The molecule has 0 radical (unpaired) electrons. The quantitative estimate of drug-likeness (QED) is 0.839. The largest absolute Gasteiger partial charge is 0.481 e. The van der Waals surface area contributed by atoms with Crippen molar-refractivity contribution in [1.82, 2.24) is 0 Å². The highest BCUT2D eigenvalue weighted by Crippen LogP contribution is 2.22. The first-order chi connectivity index (χ1) is 8.32. The van der Waals surface area contributed by atoms with Gasteiger partial charge in [-0.15, -0.1) is 0 Å². The van der Waals surface area contributed by atoms with Crippen molar-refractivity contribution < 1.29 is 19.1 Å². The van der Waals surface area contributed by atoms with Crippen molar-refractivity contribution in [3.63, 3.8) is 0 Å². The van der Waals surface area contributed by atoms with E-state index >= 15 is 0 Å². The van der Waals surface area contributed by atoms with Gasteiger partial charge in [0.05, 0.1) is 5.69 Å². The fourth-order valence-corrected chi connectivity index (χ4v) is 1.86. The Balaban J connectivity index is 2.92. The number of anilines is 1. The zero-order chi connectivity index (χ0) is 13.9. The highest BCUT2D eigenvalue weighted by Gasteiger charge is 2.30. The molecule has 1 rings (SSSR count). The first kappa shape index (κ1) is 14.6. The third-order valence-electron chi connectivity index (χ3n) is 2.40. The number of amides is 1. The Kier molecular flexibility index (Phi) is 4.84. The molecule has 0 saturated heterocycles. The second kappa shape index (κ2) is 5.95. The number of aliphatic carboxylic acids is 1. The highest BCUT2D eigenvalue weighted by atomic mass is 79.9. The number of nitrogens with one attached hydrogen (secondary N) is 1. The number of carboxylic acid groups (broad SMARTS) is 1. The van der Waals surface area contributed by atoms with Crippen LogP contribution in [-0.4, -0.2) is 17.0 Å². The van der Waals surface area contributed by atoms with Crippen LogP contribution in [-0.2, 0) is 9.59 Å². The highest BCUT2D eigenvalue weighted by molar-refractivity contribution is 9.10. The molecule has 1 atom stereocenters. The van der Waals surface area contributed by atoms with Crippen molar-refractivity contribution in [2.24, 2.45) is 11.8 Å². The van der Waals surface area contributed by atoms with Crippen molar-refractivity contribution in [1.29, 1.82) is 0 Å². The van der Waals surface area contributed by atoms with Gasteiger partial charge in [-0.3, -0.25) is 9.59 Å². The lowest BCUT2D eigenvalue weighted by Gasteiger charge is -2.16. The maximum Gasteiger partial charge on any atom is 0.316 e. The van der Waals surface area contributed by atoms with Gasteiger partial charge in [0, 0.05) is 4.47 Å². The van der Waals surface area contributed by atoms with Gasteiger partial charge in [-0.1, -0.05) is 29.8 Å². The summed E-state index contributed by atoms with van der Waals surface area (Å²) in [5.74, 6) is -4.15. The molecule has 0 fully saturated rings. The summed E-state index contributed by atoms with van der Waals surface area (Å²) in [6.45, 7) is 3.24. The Hall–Kier alpha value is -1.43. The van der Waals surface area contributed by atoms with Crippen molar-refractivity contribution in [2.45, 2.75) is 13.8 Å². The molecule has 2 N–H and O–H groups in total. The Morgan fingerprint density at radius 2 is 2.00 bits per heavy atom. The first-order valence-electron chi connectivity index (χ1n) is 5.31. The minimum atomic E-state index is -1.22. The van der Waals surface area contributed by atoms with E-state index in [9.17, 15) is 14.0 Å². The van der Waals surface area contributed by atoms with E-state index in [1.165, 1.54) is 18.2 Å². The van der Waals surface area contributed by atoms with Gasteiger partial charge < -0.3 is 10.4 Å². The zero-order valence-corrected chi connectivity index (χ0v) is 11.5. The van der Waals surface area contributed by atoms with Gasteiger partial charge in [-0.05, 0) is 24.1 Å². The summed E-state index contributed by atoms with van der Waals surface area (Å²) in [7, 11) is 0. The summed E-state index contributed by atoms with van der Waals surface area (Å²) in [4.78, 5) is 22.7. The van der Waals surface area contributed by atoms with Gasteiger partial charge in [-0.2, -0.15) is 0 Å². The van der Waals surface area contributed by atoms with Crippen molar-refractivity contribution in [3.8, 4) is 0 Å². The molecule has 0 bridgehead atoms. The van der Waals surface area contributed by atoms with E-state index < -0.39 is 23.6 Å². The monoisotopic (exact) mass is 317 g/mol. The van der Waals surface area contributed by atoms with Crippen LogP contribution in [0.2, 0.25) is 0 Å². The average molecular weight is 318 g/mol. The summed E-state index contributed by atoms with van der Waals surface area (Å²) in [6, 6.07) is 4.05. The average Bonchev–Trinajstić information content (AvgIpc) is 2.22. The van der Waals surface area contributed by atoms with Crippen LogP contribution < -0.4 is 5.32 Å². The number of carbonyl (C=O) groups is 2. The van der Waals surface area contributed by atoms with Crippen LogP contribution in [0, 0.1) is 17.7 Å². The number of hydrogen-bond donors (Lipinski definition) is 2. The normalized spacial score (nSPS) is 12.3. The number of carboxylic acids is 1. The topological polar surface area (TPSA) is 66.4 Å². The predicted octanol–water partition coefficient (Wildman–Crippen LogP) is 2.88. The molecular formula is C12H13BrFNO3. The van der Waals surface area contributed by atoms with Crippen molar-refractivity contribution in [3.05, 3.63) is 28.5 Å². The van der Waals surface area contributed by atoms with Gasteiger partial charge >= 0.3 is 5.97 Å². The molecule has 18 heavy (non-hydrogen) atoms. The predicted molar refractivity (Wildman–Crippen MR) is 68.7 cm³/mol. The van der Waals surface area contributed by atoms with E-state index in [0.717, 1.165) is 0 Å². The van der Waals surface area contributed by atoms with Crippen LogP contribution in [0.4, 0.5) is 10.1 Å². The molecule has 1 aromatic carbocycles. The van der Waals surface area contributed by atoms with Gasteiger partial charge in [0.1, 0.15) is 11.7 Å². The number of hydrogen-bond acceptors (Lipinski definition) is 2. The summed E-state index contributed by atoms with van der Waals surface area (Å²) in [6.07, 6.45) is 0. The number of rotatable bonds is 4. The minimum Gasteiger partial charge on any atom is -0.481 e. The molecule has 98 valence electrons. The molecular weight excluding hydrogens is 305 g/mol. The second-order valence-corrected chi connectivity index (χ2v) is 5.09. The van der Waals surface area contributed by atoms with Gasteiger partial charge in [0.25, 0.3) is 0 Å². The second-order valence-electron chi connectivity index (χ2n) is 4.17. The minimum absolute atomic E-state index is 0.0405. The summed E-state index contributed by atoms with van der Waals surface area (Å²) < 4.78 is 14.0. The molecule has 0 aliphatic carbocycles. The Morgan fingerprint density at radius 1 is 1.39 bits per heavy atom. The lowest BCUT2D eigenvalue weighted by Crippen LogP contribution is -2.33.